The number of nitrogens with one attached hydrogen (secondary N) is 1. The van der Waals surface area contributed by atoms with Gasteiger partial charge in [0.1, 0.15) is 5.82 Å². The third-order valence-electron chi connectivity index (χ3n) is 2.88. The summed E-state index contributed by atoms with van der Waals surface area (Å²) in [6, 6.07) is 10.0. The largest absolute Gasteiger partial charge is 0.494 e. The highest BCUT2D eigenvalue weighted by molar-refractivity contribution is 5.37. The van der Waals surface area contributed by atoms with E-state index >= 15 is 0 Å². The average molecular weight is 264 g/mol. The molecule has 19 heavy (non-hydrogen) atoms. The van der Waals surface area contributed by atoms with Gasteiger partial charge in [-0.05, 0) is 35.4 Å². The van der Waals surface area contributed by atoms with Crippen molar-refractivity contribution < 1.29 is 13.5 Å². The maximum atomic E-state index is 13.4. The number of hydrogen-bond acceptors (Lipinski definition) is 3. The minimum atomic E-state index is -0.443. The molecule has 100 valence electrons. The van der Waals surface area contributed by atoms with E-state index in [1.165, 1.54) is 25.3 Å². The average Bonchev–Trinajstić information content (AvgIpc) is 2.43. The van der Waals surface area contributed by atoms with Crippen molar-refractivity contribution in [2.45, 2.75) is 6.04 Å². The molecule has 0 aromatic heterocycles. The molecule has 2 aromatic carbocycles. The monoisotopic (exact) mass is 264 g/mol. The molecule has 5 heteroatoms. The van der Waals surface area contributed by atoms with E-state index in [-0.39, 0.29) is 17.6 Å². The number of hydrazine groups is 1. The Morgan fingerprint density at radius 1 is 1.05 bits per heavy atom. The summed E-state index contributed by atoms with van der Waals surface area (Å²) in [5.41, 5.74) is 4.13. The SMILES string of the molecule is COc1cc(C(NN)c2ccc(F)cc2)ccc1F. The van der Waals surface area contributed by atoms with Crippen LogP contribution in [-0.2, 0) is 0 Å². The zero-order valence-electron chi connectivity index (χ0n) is 10.4. The molecule has 0 aliphatic carbocycles. The fourth-order valence-corrected chi connectivity index (χ4v) is 1.90. The summed E-state index contributed by atoms with van der Waals surface area (Å²) in [5.74, 6) is 4.90. The first-order valence-corrected chi connectivity index (χ1v) is 5.70. The van der Waals surface area contributed by atoms with Crippen LogP contribution in [0.3, 0.4) is 0 Å². The maximum absolute atomic E-state index is 13.4. The quantitative estimate of drug-likeness (QED) is 0.659. The third-order valence-corrected chi connectivity index (χ3v) is 2.88. The molecule has 1 unspecified atom stereocenters. The van der Waals surface area contributed by atoms with Crippen LogP contribution in [0.2, 0.25) is 0 Å². The van der Waals surface area contributed by atoms with Gasteiger partial charge in [0, 0.05) is 0 Å². The van der Waals surface area contributed by atoms with Crippen LogP contribution in [0.1, 0.15) is 17.2 Å². The van der Waals surface area contributed by atoms with E-state index in [2.05, 4.69) is 5.43 Å². The van der Waals surface area contributed by atoms with Gasteiger partial charge in [0.25, 0.3) is 0 Å². The van der Waals surface area contributed by atoms with Crippen molar-refractivity contribution in [3.05, 3.63) is 65.2 Å². The molecule has 2 aromatic rings. The highest BCUT2D eigenvalue weighted by atomic mass is 19.1. The van der Waals surface area contributed by atoms with E-state index in [1.54, 1.807) is 24.3 Å². The topological polar surface area (TPSA) is 47.3 Å². The van der Waals surface area contributed by atoms with Gasteiger partial charge in [-0.15, -0.1) is 0 Å². The Hall–Kier alpha value is -1.98. The summed E-state index contributed by atoms with van der Waals surface area (Å²) in [5, 5.41) is 0. The number of hydrogen-bond donors (Lipinski definition) is 2. The van der Waals surface area contributed by atoms with Gasteiger partial charge in [0.2, 0.25) is 0 Å². The zero-order valence-corrected chi connectivity index (χ0v) is 10.4. The smallest absolute Gasteiger partial charge is 0.165 e. The summed E-state index contributed by atoms with van der Waals surface area (Å²) >= 11 is 0. The van der Waals surface area contributed by atoms with Crippen LogP contribution in [0.5, 0.6) is 5.75 Å². The number of halogens is 2. The zero-order chi connectivity index (χ0) is 13.8. The molecule has 2 rings (SSSR count). The summed E-state index contributed by atoms with van der Waals surface area (Å²) in [6.45, 7) is 0. The van der Waals surface area contributed by atoms with Gasteiger partial charge in [-0.25, -0.2) is 14.2 Å². The van der Waals surface area contributed by atoms with Gasteiger partial charge >= 0.3 is 0 Å². The lowest BCUT2D eigenvalue weighted by Gasteiger charge is -2.17. The molecular formula is C14H14F2N2O. The second kappa shape index (κ2) is 5.77. The van der Waals surface area contributed by atoms with Crippen LogP contribution in [0, 0.1) is 11.6 Å². The molecule has 3 nitrogen and oxygen atoms in total. The van der Waals surface area contributed by atoms with Crippen molar-refractivity contribution in [2.75, 3.05) is 7.11 Å². The minimum Gasteiger partial charge on any atom is -0.494 e. The lowest BCUT2D eigenvalue weighted by molar-refractivity contribution is 0.385. The van der Waals surface area contributed by atoms with Gasteiger partial charge in [-0.2, -0.15) is 0 Å². The van der Waals surface area contributed by atoms with E-state index in [4.69, 9.17) is 10.6 Å². The van der Waals surface area contributed by atoms with Crippen LogP contribution in [0.15, 0.2) is 42.5 Å². The second-order valence-electron chi connectivity index (χ2n) is 4.05. The van der Waals surface area contributed by atoms with Crippen LogP contribution in [-0.4, -0.2) is 7.11 Å². The van der Waals surface area contributed by atoms with Gasteiger partial charge in [0.15, 0.2) is 11.6 Å². The Morgan fingerprint density at radius 2 is 1.68 bits per heavy atom. The first-order valence-electron chi connectivity index (χ1n) is 5.70. The molecule has 1 atom stereocenters. The lowest BCUT2D eigenvalue weighted by atomic mass is 9.99. The lowest BCUT2D eigenvalue weighted by Crippen LogP contribution is -2.28. The van der Waals surface area contributed by atoms with E-state index in [9.17, 15) is 8.78 Å². The Balaban J connectivity index is 2.39. The van der Waals surface area contributed by atoms with Gasteiger partial charge in [0.05, 0.1) is 13.2 Å². The van der Waals surface area contributed by atoms with Crippen LogP contribution in [0.25, 0.3) is 0 Å². The number of rotatable bonds is 4. The predicted octanol–water partition coefficient (Wildman–Crippen LogP) is 2.53. The normalized spacial score (nSPS) is 12.2. The summed E-state index contributed by atoms with van der Waals surface area (Å²) < 4.78 is 31.2. The molecule has 0 aliphatic heterocycles. The first-order chi connectivity index (χ1) is 9.15. The fourth-order valence-electron chi connectivity index (χ4n) is 1.90. The predicted molar refractivity (Wildman–Crippen MR) is 68.5 cm³/mol. The van der Waals surface area contributed by atoms with Crippen molar-refractivity contribution in [3.63, 3.8) is 0 Å². The number of nitrogens with two attached hydrogens (primary N) is 1. The summed E-state index contributed by atoms with van der Waals surface area (Å²) in [6.07, 6.45) is 0. The third kappa shape index (κ3) is 2.89. The van der Waals surface area contributed by atoms with Gasteiger partial charge in [-0.1, -0.05) is 18.2 Å². The van der Waals surface area contributed by atoms with E-state index in [1.807, 2.05) is 0 Å². The number of methoxy groups -OCH3 is 1. The Labute approximate surface area is 110 Å². The molecule has 0 spiro atoms. The molecule has 0 radical (unpaired) electrons. The van der Waals surface area contributed by atoms with Crippen LogP contribution >= 0.6 is 0 Å². The van der Waals surface area contributed by atoms with Crippen molar-refractivity contribution in [2.24, 2.45) is 5.84 Å². The van der Waals surface area contributed by atoms with Crippen molar-refractivity contribution in [1.82, 2.24) is 5.43 Å². The standard InChI is InChI=1S/C14H14F2N2O/c1-19-13-8-10(4-7-12(13)16)14(18-17)9-2-5-11(15)6-3-9/h2-8,14,18H,17H2,1H3. The number of ether oxygens (including phenoxy) is 1. The molecule has 0 bridgehead atoms. The molecule has 0 fully saturated rings. The molecule has 0 amide bonds. The summed E-state index contributed by atoms with van der Waals surface area (Å²) in [4.78, 5) is 0. The molecule has 0 saturated heterocycles. The first kappa shape index (κ1) is 13.5. The highest BCUT2D eigenvalue weighted by Crippen LogP contribution is 2.26. The van der Waals surface area contributed by atoms with E-state index < -0.39 is 5.82 Å². The molecular weight excluding hydrogens is 250 g/mol. The number of benzene rings is 2. The Kier molecular flexibility index (Phi) is 4.09. The molecule has 0 heterocycles. The maximum Gasteiger partial charge on any atom is 0.165 e. The molecule has 0 aliphatic rings. The second-order valence-corrected chi connectivity index (χ2v) is 4.05. The Bertz CT molecular complexity index is 558. The van der Waals surface area contributed by atoms with Gasteiger partial charge < -0.3 is 4.74 Å². The molecule has 3 N–H and O–H groups in total. The highest BCUT2D eigenvalue weighted by Gasteiger charge is 2.14. The van der Waals surface area contributed by atoms with Crippen LogP contribution < -0.4 is 16.0 Å². The van der Waals surface area contributed by atoms with Crippen molar-refractivity contribution in [3.8, 4) is 5.75 Å². The summed E-state index contributed by atoms with van der Waals surface area (Å²) in [7, 11) is 1.39. The van der Waals surface area contributed by atoms with Crippen molar-refractivity contribution >= 4 is 0 Å². The van der Waals surface area contributed by atoms with E-state index in [0.717, 1.165) is 11.1 Å². The van der Waals surface area contributed by atoms with Crippen LogP contribution in [0.4, 0.5) is 8.78 Å². The van der Waals surface area contributed by atoms with E-state index in [0.29, 0.717) is 0 Å². The Morgan fingerprint density at radius 3 is 2.26 bits per heavy atom. The minimum absolute atomic E-state index is 0.139. The fraction of sp³-hybridized carbons (Fsp3) is 0.143. The van der Waals surface area contributed by atoms with Crippen molar-refractivity contribution in [1.29, 1.82) is 0 Å². The van der Waals surface area contributed by atoms with Gasteiger partial charge in [-0.3, -0.25) is 5.84 Å². The molecule has 0 saturated carbocycles.